The van der Waals surface area contributed by atoms with Crippen molar-refractivity contribution >= 4 is 22.7 Å². The van der Waals surface area contributed by atoms with Gasteiger partial charge in [-0.1, -0.05) is 18.2 Å². The molecule has 1 aromatic heterocycles. The Bertz CT molecular complexity index is 1080. The maximum Gasteiger partial charge on any atom is 0.272 e. The van der Waals surface area contributed by atoms with Gasteiger partial charge in [0.05, 0.1) is 5.52 Å². The lowest BCUT2D eigenvalue weighted by molar-refractivity contribution is -0.129. The summed E-state index contributed by atoms with van der Waals surface area (Å²) in [5, 5.41) is 21.3. The zero-order valence-corrected chi connectivity index (χ0v) is 21.7. The van der Waals surface area contributed by atoms with E-state index in [9.17, 15) is 14.7 Å². The molecule has 0 spiro atoms. The van der Waals surface area contributed by atoms with E-state index in [0.29, 0.717) is 17.8 Å². The van der Waals surface area contributed by atoms with E-state index in [1.54, 1.807) is 0 Å². The molecule has 3 saturated heterocycles. The maximum atomic E-state index is 13.3. The van der Waals surface area contributed by atoms with Crippen molar-refractivity contribution in [2.24, 2.45) is 0 Å². The van der Waals surface area contributed by atoms with Crippen LogP contribution in [0.1, 0.15) is 69.4 Å². The third kappa shape index (κ3) is 5.14. The minimum absolute atomic E-state index is 0.0641. The highest BCUT2D eigenvalue weighted by molar-refractivity contribution is 6.05. The third-order valence-corrected chi connectivity index (χ3v) is 8.21. The fraction of sp³-hybridized carbons (Fsp3) is 0.667. The van der Waals surface area contributed by atoms with E-state index >= 15 is 0 Å². The lowest BCUT2D eigenvalue weighted by Crippen LogP contribution is -2.52. The van der Waals surface area contributed by atoms with Gasteiger partial charge in [0.15, 0.2) is 5.69 Å². The van der Waals surface area contributed by atoms with Gasteiger partial charge in [-0.05, 0) is 58.9 Å². The molecule has 0 saturated carbocycles. The second kappa shape index (κ2) is 10.5. The molecule has 2 amide bonds. The van der Waals surface area contributed by atoms with Crippen LogP contribution in [-0.2, 0) is 4.79 Å². The van der Waals surface area contributed by atoms with Gasteiger partial charge in [0.2, 0.25) is 5.91 Å². The summed E-state index contributed by atoms with van der Waals surface area (Å²) in [5.41, 5.74) is 1.53. The monoisotopic (exact) mass is 496 g/mol. The summed E-state index contributed by atoms with van der Waals surface area (Å²) in [4.78, 5) is 30.1. The molecule has 36 heavy (non-hydrogen) atoms. The summed E-state index contributed by atoms with van der Waals surface area (Å²) in [5.74, 6) is -0.348. The van der Waals surface area contributed by atoms with Crippen molar-refractivity contribution in [3.05, 3.63) is 30.0 Å². The summed E-state index contributed by atoms with van der Waals surface area (Å²) in [6.07, 6.45) is 4.32. The molecule has 0 aliphatic carbocycles. The quantitative estimate of drug-likeness (QED) is 0.516. The van der Waals surface area contributed by atoms with Gasteiger partial charge in [-0.25, -0.2) is 0 Å². The summed E-state index contributed by atoms with van der Waals surface area (Å²) in [7, 11) is 0. The van der Waals surface area contributed by atoms with E-state index in [4.69, 9.17) is 0 Å². The number of aliphatic hydroxyl groups is 1. The van der Waals surface area contributed by atoms with Gasteiger partial charge < -0.3 is 15.7 Å². The zero-order valence-electron chi connectivity index (χ0n) is 21.7. The zero-order chi connectivity index (χ0) is 25.4. The number of likely N-dealkylation sites (tertiary alicyclic amines) is 1. The minimum atomic E-state index is -0.957. The topological polar surface area (TPSA) is 103 Å². The number of piperidine rings is 1. The molecular weight excluding hydrogens is 456 g/mol. The Labute approximate surface area is 213 Å². The second-order valence-corrected chi connectivity index (χ2v) is 11.1. The molecule has 2 bridgehead atoms. The van der Waals surface area contributed by atoms with Crippen molar-refractivity contribution in [1.82, 2.24) is 30.2 Å². The van der Waals surface area contributed by atoms with Crippen LogP contribution < -0.4 is 10.6 Å². The molecule has 3 aliphatic heterocycles. The fourth-order valence-electron chi connectivity index (χ4n) is 6.39. The number of carbonyl (C=O) groups excluding carboxylic acids is 2. The van der Waals surface area contributed by atoms with Crippen LogP contribution in [0.25, 0.3) is 10.9 Å². The van der Waals surface area contributed by atoms with Gasteiger partial charge in [-0.3, -0.25) is 24.1 Å². The van der Waals surface area contributed by atoms with E-state index in [1.165, 1.54) is 19.8 Å². The molecule has 1 aromatic carbocycles. The van der Waals surface area contributed by atoms with Crippen molar-refractivity contribution in [2.45, 2.75) is 89.2 Å². The van der Waals surface area contributed by atoms with Crippen molar-refractivity contribution in [2.75, 3.05) is 26.2 Å². The van der Waals surface area contributed by atoms with Crippen molar-refractivity contribution < 1.29 is 14.7 Å². The summed E-state index contributed by atoms with van der Waals surface area (Å²) in [6, 6.07) is 9.49. The SMILES string of the molecule is CC(C)n1nc(C(=O)NC2CC3CCC(C2)N3CCN2CCC(NC(=O)[C@H](C)O)C2)c2ccccc21. The Morgan fingerprint density at radius 3 is 2.44 bits per heavy atom. The van der Waals surface area contributed by atoms with Crippen LogP contribution in [0.15, 0.2) is 24.3 Å². The van der Waals surface area contributed by atoms with E-state index in [0.717, 1.165) is 56.3 Å². The lowest BCUT2D eigenvalue weighted by Gasteiger charge is -2.39. The van der Waals surface area contributed by atoms with E-state index < -0.39 is 6.10 Å². The Kier molecular flexibility index (Phi) is 7.32. The van der Waals surface area contributed by atoms with Crippen LogP contribution in [0, 0.1) is 0 Å². The molecule has 196 valence electrons. The number of benzene rings is 1. The lowest BCUT2D eigenvalue weighted by atomic mass is 9.97. The number of nitrogens with one attached hydrogen (secondary N) is 2. The summed E-state index contributed by atoms with van der Waals surface area (Å²) < 4.78 is 1.94. The van der Waals surface area contributed by atoms with Gasteiger partial charge in [0.1, 0.15) is 6.10 Å². The normalized spacial score (nSPS) is 27.6. The predicted octanol–water partition coefficient (Wildman–Crippen LogP) is 1.91. The summed E-state index contributed by atoms with van der Waals surface area (Å²) >= 11 is 0. The first kappa shape index (κ1) is 25.2. The average molecular weight is 497 g/mol. The van der Waals surface area contributed by atoms with Crippen LogP contribution in [0.4, 0.5) is 0 Å². The first-order valence-corrected chi connectivity index (χ1v) is 13.5. The van der Waals surface area contributed by atoms with Crippen LogP contribution in [-0.4, -0.2) is 93.0 Å². The first-order chi connectivity index (χ1) is 17.3. The van der Waals surface area contributed by atoms with Gasteiger partial charge in [-0.15, -0.1) is 0 Å². The molecule has 0 radical (unpaired) electrons. The number of nitrogens with zero attached hydrogens (tertiary/aromatic N) is 4. The Balaban J connectivity index is 1.14. The fourth-order valence-corrected chi connectivity index (χ4v) is 6.39. The van der Waals surface area contributed by atoms with Crippen LogP contribution in [0.3, 0.4) is 0 Å². The molecule has 5 rings (SSSR count). The first-order valence-electron chi connectivity index (χ1n) is 13.5. The number of para-hydroxylation sites is 1. The van der Waals surface area contributed by atoms with Gasteiger partial charge >= 0.3 is 0 Å². The third-order valence-electron chi connectivity index (χ3n) is 8.21. The molecule has 2 aromatic rings. The van der Waals surface area contributed by atoms with E-state index in [1.807, 2.05) is 28.9 Å². The van der Waals surface area contributed by atoms with Gasteiger partial charge in [-0.2, -0.15) is 5.10 Å². The largest absolute Gasteiger partial charge is 0.384 e. The number of carbonyl (C=O) groups is 2. The highest BCUT2D eigenvalue weighted by Crippen LogP contribution is 2.36. The predicted molar refractivity (Wildman–Crippen MR) is 139 cm³/mol. The van der Waals surface area contributed by atoms with E-state index in [-0.39, 0.29) is 29.9 Å². The molecule has 9 nitrogen and oxygen atoms in total. The van der Waals surface area contributed by atoms with Crippen LogP contribution >= 0.6 is 0 Å². The molecular formula is C27H40N6O3. The van der Waals surface area contributed by atoms with Crippen molar-refractivity contribution in [3.8, 4) is 0 Å². The number of fused-ring (bicyclic) bond motifs is 3. The molecule has 3 N–H and O–H groups in total. The van der Waals surface area contributed by atoms with Gasteiger partial charge in [0, 0.05) is 61.8 Å². The number of hydrogen-bond acceptors (Lipinski definition) is 6. The molecule has 9 heteroatoms. The number of hydrogen-bond donors (Lipinski definition) is 3. The Morgan fingerprint density at radius 2 is 1.75 bits per heavy atom. The highest BCUT2D eigenvalue weighted by atomic mass is 16.3. The molecule has 3 aliphatic rings. The number of aliphatic hydroxyl groups excluding tert-OH is 1. The highest BCUT2D eigenvalue weighted by Gasteiger charge is 2.41. The smallest absolute Gasteiger partial charge is 0.272 e. The Morgan fingerprint density at radius 1 is 1.03 bits per heavy atom. The number of amides is 2. The van der Waals surface area contributed by atoms with Gasteiger partial charge in [0.25, 0.3) is 5.91 Å². The second-order valence-electron chi connectivity index (χ2n) is 11.1. The molecule has 3 fully saturated rings. The van der Waals surface area contributed by atoms with Crippen molar-refractivity contribution in [3.63, 3.8) is 0 Å². The van der Waals surface area contributed by atoms with Crippen molar-refractivity contribution in [1.29, 1.82) is 0 Å². The maximum absolute atomic E-state index is 13.3. The van der Waals surface area contributed by atoms with Crippen LogP contribution in [0.5, 0.6) is 0 Å². The standard InChI is InChI=1S/C27H40N6O3/c1-17(2)33-24-7-5-4-6-23(24)25(30-33)27(36)29-20-14-21-8-9-22(15-20)32(21)13-12-31-11-10-19(16-31)28-26(35)18(3)34/h4-7,17-22,34H,8-16H2,1-3H3,(H,28,35)(H,29,36)/t18-,19?,20?,21?,22?/m0/s1. The summed E-state index contributed by atoms with van der Waals surface area (Å²) in [6.45, 7) is 9.51. The minimum Gasteiger partial charge on any atom is -0.384 e. The number of aromatic nitrogens is 2. The van der Waals surface area contributed by atoms with Crippen LogP contribution in [0.2, 0.25) is 0 Å². The molecule has 4 heterocycles. The average Bonchev–Trinajstić information content (AvgIpc) is 3.52. The van der Waals surface area contributed by atoms with E-state index in [2.05, 4.69) is 39.4 Å². The number of rotatable bonds is 8. The molecule has 3 unspecified atom stereocenters. The Hall–Kier alpha value is -2.49. The molecule has 4 atom stereocenters.